The van der Waals surface area contributed by atoms with Crippen molar-refractivity contribution >= 4 is 11.9 Å². The summed E-state index contributed by atoms with van der Waals surface area (Å²) in [6, 6.07) is 10.2. The Morgan fingerprint density at radius 1 is 0.936 bits per heavy atom. The number of nitrogens with zero attached hydrogens (tertiary/aromatic N) is 1. The van der Waals surface area contributed by atoms with Gasteiger partial charge in [0.05, 0.1) is 18.3 Å². The third-order valence-corrected chi connectivity index (χ3v) is 9.15. The molecule has 1 aliphatic carbocycles. The third-order valence-electron chi connectivity index (χ3n) is 9.15. The van der Waals surface area contributed by atoms with E-state index < -0.39 is 35.5 Å². The molecule has 1 amide bonds. The number of aromatic nitrogens is 1. The molecule has 1 aliphatic heterocycles. The number of benzene rings is 2. The molecule has 0 spiro atoms. The molecule has 47 heavy (non-hydrogen) atoms. The van der Waals surface area contributed by atoms with E-state index in [4.69, 9.17) is 15.2 Å². The molecular weight excluding hydrogens is 609 g/mol. The molecule has 5 rings (SSSR count). The van der Waals surface area contributed by atoms with Gasteiger partial charge in [0.15, 0.2) is 5.78 Å². The van der Waals surface area contributed by atoms with Gasteiger partial charge in [-0.3, -0.25) is 9.78 Å². The molecule has 1 saturated heterocycles. The number of ether oxygens (including phenoxy) is 2. The average Bonchev–Trinajstić information content (AvgIpc) is 3.08. The molecule has 252 valence electrons. The fourth-order valence-electron chi connectivity index (χ4n) is 6.56. The van der Waals surface area contributed by atoms with Crippen LogP contribution in [0.3, 0.4) is 0 Å². The lowest BCUT2D eigenvalue weighted by atomic mass is 9.82. The summed E-state index contributed by atoms with van der Waals surface area (Å²) in [7, 11) is 0. The summed E-state index contributed by atoms with van der Waals surface area (Å²) in [5.41, 5.74) is 8.49. The number of nitrogens with two attached hydrogens (primary N) is 1. The van der Waals surface area contributed by atoms with Gasteiger partial charge in [0.1, 0.15) is 30.2 Å². The van der Waals surface area contributed by atoms with Crippen LogP contribution in [-0.4, -0.2) is 61.4 Å². The maximum atomic E-state index is 15.1. The zero-order valence-electron chi connectivity index (χ0n) is 26.4. The molecule has 2 aromatic carbocycles. The second-order valence-electron chi connectivity index (χ2n) is 12.6. The maximum absolute atomic E-state index is 15.1. The molecule has 1 saturated carbocycles. The first kappa shape index (κ1) is 34.5. The topological polar surface area (TPSA) is 116 Å². The number of pyridine rings is 1. The van der Waals surface area contributed by atoms with Crippen molar-refractivity contribution in [2.75, 3.05) is 26.2 Å². The Morgan fingerprint density at radius 2 is 1.57 bits per heavy atom. The van der Waals surface area contributed by atoms with Crippen molar-refractivity contribution in [3.63, 3.8) is 0 Å². The minimum Gasteiger partial charge on any atom is -0.447 e. The average molecular weight is 653 g/mol. The molecule has 1 aromatic heterocycles. The van der Waals surface area contributed by atoms with E-state index in [1.165, 1.54) is 49.7 Å². The molecule has 3 atom stereocenters. The van der Waals surface area contributed by atoms with Crippen LogP contribution in [0.25, 0.3) is 0 Å². The number of nitrogens with one attached hydrogen (secondary N) is 2. The predicted octanol–water partition coefficient (Wildman–Crippen LogP) is 5.37. The van der Waals surface area contributed by atoms with E-state index in [9.17, 15) is 18.4 Å². The number of alkyl carbamates (subject to hydrolysis) is 1. The summed E-state index contributed by atoms with van der Waals surface area (Å²) in [6.45, 7) is 1.80. The Hall–Kier alpha value is -3.80. The summed E-state index contributed by atoms with van der Waals surface area (Å²) < 4.78 is 54.1. The molecule has 11 heteroatoms. The minimum absolute atomic E-state index is 0.102. The van der Waals surface area contributed by atoms with E-state index in [0.29, 0.717) is 54.2 Å². The van der Waals surface area contributed by atoms with Crippen LogP contribution in [0.1, 0.15) is 66.7 Å². The van der Waals surface area contributed by atoms with Gasteiger partial charge in [-0.2, -0.15) is 0 Å². The van der Waals surface area contributed by atoms with Crippen LogP contribution >= 0.6 is 0 Å². The number of amides is 1. The van der Waals surface area contributed by atoms with Gasteiger partial charge in [-0.05, 0) is 78.1 Å². The number of rotatable bonds is 13. The molecule has 4 N–H and O–H groups in total. The summed E-state index contributed by atoms with van der Waals surface area (Å²) in [5.74, 6) is -1.95. The van der Waals surface area contributed by atoms with Crippen LogP contribution in [0.2, 0.25) is 0 Å². The Balaban J connectivity index is 1.17. The van der Waals surface area contributed by atoms with E-state index in [2.05, 4.69) is 15.6 Å². The van der Waals surface area contributed by atoms with Crippen molar-refractivity contribution < 1.29 is 32.2 Å². The molecule has 8 nitrogen and oxygen atoms in total. The number of halogens is 3. The fraction of sp³-hybridized carbons (Fsp3) is 0.472. The number of carbonyl (C=O) groups is 2. The number of Topliss-reactive ketones (excluding diaryl/α,β-unsaturated/α-hetero) is 1. The number of hydrogen-bond acceptors (Lipinski definition) is 7. The van der Waals surface area contributed by atoms with Crippen LogP contribution in [0.4, 0.5) is 18.0 Å². The monoisotopic (exact) mass is 652 g/mol. The van der Waals surface area contributed by atoms with Crippen molar-refractivity contribution in [3.05, 3.63) is 101 Å². The van der Waals surface area contributed by atoms with Crippen molar-refractivity contribution in [1.29, 1.82) is 0 Å². The minimum atomic E-state index is -1.08. The smallest absolute Gasteiger partial charge is 0.407 e. The van der Waals surface area contributed by atoms with Gasteiger partial charge in [-0.15, -0.1) is 0 Å². The fourth-order valence-corrected chi connectivity index (χ4v) is 6.56. The van der Waals surface area contributed by atoms with Crippen molar-refractivity contribution in [2.24, 2.45) is 11.7 Å². The van der Waals surface area contributed by atoms with Crippen LogP contribution < -0.4 is 16.4 Å². The molecule has 2 fully saturated rings. The van der Waals surface area contributed by atoms with Gasteiger partial charge in [-0.25, -0.2) is 18.0 Å². The molecular formula is C36H43F3N4O4. The third kappa shape index (κ3) is 9.85. The van der Waals surface area contributed by atoms with Crippen LogP contribution in [0, 0.1) is 23.4 Å². The summed E-state index contributed by atoms with van der Waals surface area (Å²) in [4.78, 5) is 29.8. The second kappa shape index (κ2) is 16.9. The highest BCUT2D eigenvalue weighted by Gasteiger charge is 2.29. The van der Waals surface area contributed by atoms with Crippen molar-refractivity contribution in [2.45, 2.75) is 75.5 Å². The molecule has 3 aromatic rings. The van der Waals surface area contributed by atoms with Crippen LogP contribution in [0.15, 0.2) is 60.9 Å². The lowest BCUT2D eigenvalue weighted by Gasteiger charge is -2.31. The lowest BCUT2D eigenvalue weighted by Crippen LogP contribution is -2.47. The SMILES string of the molecule is NC(C(=O)Cc1cncc(F)c1CC[C@@H]1CNC[C@@H](COC(=O)NCC2CCCCC2)O1)C(c1ccc(F)cc1)c1ccc(F)cc1. The number of ketones is 1. The molecule has 0 radical (unpaired) electrons. The van der Waals surface area contributed by atoms with E-state index >= 15 is 4.39 Å². The number of hydrogen-bond donors (Lipinski definition) is 3. The lowest BCUT2D eigenvalue weighted by molar-refractivity contribution is -0.119. The first-order chi connectivity index (χ1) is 22.8. The zero-order valence-corrected chi connectivity index (χ0v) is 26.4. The van der Waals surface area contributed by atoms with Gasteiger partial charge < -0.3 is 25.8 Å². The number of carbonyl (C=O) groups excluding carboxylic acids is 2. The van der Waals surface area contributed by atoms with Gasteiger partial charge in [-0.1, -0.05) is 43.5 Å². The Kier molecular flexibility index (Phi) is 12.4. The standard InChI is InChI=1S/C36H43F3N4O4/c37-27-10-6-24(7-11-27)34(25-8-12-28(38)13-9-25)35(40)33(44)16-26-18-41-21-32(39)31(26)15-14-29-19-42-20-30(47-29)22-46-36(45)43-17-23-4-2-1-3-5-23/h6-13,18,21,23,29-30,34-35,42H,1-5,14-17,19-20,22,40H2,(H,43,45)/t29-,30+,35?/m1/s1. The summed E-state index contributed by atoms with van der Waals surface area (Å²) >= 11 is 0. The Morgan fingerprint density at radius 3 is 2.23 bits per heavy atom. The van der Waals surface area contributed by atoms with Crippen LogP contribution in [0.5, 0.6) is 0 Å². The van der Waals surface area contributed by atoms with E-state index in [1.807, 2.05) is 0 Å². The Bertz CT molecular complexity index is 1420. The summed E-state index contributed by atoms with van der Waals surface area (Å²) in [6.07, 6.45) is 8.03. The highest BCUT2D eigenvalue weighted by molar-refractivity contribution is 5.87. The first-order valence-corrected chi connectivity index (χ1v) is 16.4. The quantitative estimate of drug-likeness (QED) is 0.228. The van der Waals surface area contributed by atoms with E-state index in [-0.39, 0.29) is 37.4 Å². The Labute approximate surface area is 273 Å². The molecule has 2 heterocycles. The molecule has 2 aliphatic rings. The van der Waals surface area contributed by atoms with Crippen molar-refractivity contribution in [3.8, 4) is 0 Å². The van der Waals surface area contributed by atoms with Crippen molar-refractivity contribution in [1.82, 2.24) is 15.6 Å². The van der Waals surface area contributed by atoms with Crippen LogP contribution in [-0.2, 0) is 27.1 Å². The van der Waals surface area contributed by atoms with Gasteiger partial charge in [0.2, 0.25) is 0 Å². The number of morpholine rings is 1. The molecule has 0 bridgehead atoms. The normalized spacial score (nSPS) is 19.3. The zero-order chi connectivity index (χ0) is 33.2. The van der Waals surface area contributed by atoms with Gasteiger partial charge in [0.25, 0.3) is 0 Å². The first-order valence-electron chi connectivity index (χ1n) is 16.4. The summed E-state index contributed by atoms with van der Waals surface area (Å²) in [5, 5.41) is 6.16. The molecule has 1 unspecified atom stereocenters. The van der Waals surface area contributed by atoms with Gasteiger partial charge in [0, 0.05) is 38.2 Å². The largest absolute Gasteiger partial charge is 0.447 e. The highest BCUT2D eigenvalue weighted by Crippen LogP contribution is 2.30. The van der Waals surface area contributed by atoms with E-state index in [1.54, 1.807) is 24.3 Å². The van der Waals surface area contributed by atoms with E-state index in [0.717, 1.165) is 19.0 Å². The predicted molar refractivity (Wildman–Crippen MR) is 171 cm³/mol. The highest BCUT2D eigenvalue weighted by atomic mass is 19.1. The van der Waals surface area contributed by atoms with Gasteiger partial charge >= 0.3 is 6.09 Å². The second-order valence-corrected chi connectivity index (χ2v) is 12.6. The maximum Gasteiger partial charge on any atom is 0.407 e.